The van der Waals surface area contributed by atoms with Crippen molar-refractivity contribution in [2.45, 2.75) is 5.75 Å². The summed E-state index contributed by atoms with van der Waals surface area (Å²) in [7, 11) is 3.51. The predicted octanol–water partition coefficient (Wildman–Crippen LogP) is 3.57. The Morgan fingerprint density at radius 3 is 2.67 bits per heavy atom. The number of methoxy groups -OCH3 is 1. The quantitative estimate of drug-likeness (QED) is 0.826. The molecule has 0 spiro atoms. The Morgan fingerprint density at radius 2 is 2.06 bits per heavy atom. The summed E-state index contributed by atoms with van der Waals surface area (Å²) in [4.78, 5) is 2.55. The number of hydrogen-bond acceptors (Lipinski definition) is 3. The van der Waals surface area contributed by atoms with Gasteiger partial charge in [-0.15, -0.1) is 11.8 Å². The minimum atomic E-state index is -0.151. The van der Waals surface area contributed by atoms with Crippen molar-refractivity contribution in [1.29, 1.82) is 0 Å². The van der Waals surface area contributed by atoms with Crippen LogP contribution in [-0.4, -0.2) is 25.6 Å². The van der Waals surface area contributed by atoms with E-state index < -0.39 is 0 Å². The second-order valence-corrected chi connectivity index (χ2v) is 5.14. The maximum absolute atomic E-state index is 13.6. The van der Waals surface area contributed by atoms with Crippen LogP contribution in [0.1, 0.15) is 5.56 Å². The van der Waals surface area contributed by atoms with Crippen molar-refractivity contribution in [2.75, 3.05) is 20.7 Å². The molecule has 0 saturated carbocycles. The fourth-order valence-electron chi connectivity index (χ4n) is 1.64. The fraction of sp³-hybridized carbons (Fsp3) is 0.286. The minimum Gasteiger partial charge on any atom is -0.497 e. The molecule has 1 heterocycles. The van der Waals surface area contributed by atoms with Crippen molar-refractivity contribution in [3.8, 4) is 5.75 Å². The molecule has 1 aromatic rings. The highest BCUT2D eigenvalue weighted by atomic mass is 32.2. The molecule has 2 nitrogen and oxygen atoms in total. The van der Waals surface area contributed by atoms with E-state index in [2.05, 4.69) is 0 Å². The van der Waals surface area contributed by atoms with Crippen LogP contribution in [0, 0.1) is 0 Å². The Labute approximate surface area is 111 Å². The Kier molecular flexibility index (Phi) is 4.31. The molecule has 18 heavy (non-hydrogen) atoms. The van der Waals surface area contributed by atoms with Gasteiger partial charge in [0.15, 0.2) is 5.83 Å². The largest absolute Gasteiger partial charge is 0.497 e. The van der Waals surface area contributed by atoms with E-state index in [4.69, 9.17) is 4.74 Å². The first kappa shape index (κ1) is 13.0. The molecular weight excluding hydrogens is 249 g/mol. The number of allylic oxidation sites excluding steroid dienone is 1. The van der Waals surface area contributed by atoms with E-state index in [1.807, 2.05) is 42.3 Å². The van der Waals surface area contributed by atoms with Crippen molar-refractivity contribution in [3.63, 3.8) is 0 Å². The molecule has 1 aromatic carbocycles. The molecule has 2 rings (SSSR count). The Hall–Kier alpha value is -1.42. The van der Waals surface area contributed by atoms with Crippen molar-refractivity contribution < 1.29 is 9.13 Å². The van der Waals surface area contributed by atoms with Gasteiger partial charge in [0.1, 0.15) is 5.75 Å². The third-order valence-electron chi connectivity index (χ3n) is 2.69. The standard InChI is InChI=1S/C14H16FNOS/c1-16-8-7-14(13(15)9-16)18-10-11-3-5-12(17-2)6-4-11/h3-7,9H,8,10H2,1-2H3. The molecular formula is C14H16FNOS. The van der Waals surface area contributed by atoms with Gasteiger partial charge in [0.05, 0.1) is 7.11 Å². The van der Waals surface area contributed by atoms with E-state index in [1.54, 1.807) is 7.11 Å². The van der Waals surface area contributed by atoms with E-state index in [0.717, 1.165) is 28.5 Å². The van der Waals surface area contributed by atoms with Gasteiger partial charge >= 0.3 is 0 Å². The topological polar surface area (TPSA) is 12.5 Å². The average Bonchev–Trinajstić information content (AvgIpc) is 2.38. The molecule has 0 saturated heterocycles. The molecule has 0 atom stereocenters. The number of ether oxygens (including phenoxy) is 1. The van der Waals surface area contributed by atoms with Crippen molar-refractivity contribution in [3.05, 3.63) is 52.8 Å². The zero-order chi connectivity index (χ0) is 13.0. The number of thioether (sulfide) groups is 1. The van der Waals surface area contributed by atoms with Crippen LogP contribution in [0.15, 0.2) is 47.3 Å². The third-order valence-corrected chi connectivity index (χ3v) is 3.84. The summed E-state index contributed by atoms with van der Waals surface area (Å²) < 4.78 is 18.7. The molecule has 4 heteroatoms. The zero-order valence-electron chi connectivity index (χ0n) is 10.5. The van der Waals surface area contributed by atoms with E-state index in [-0.39, 0.29) is 5.83 Å². The zero-order valence-corrected chi connectivity index (χ0v) is 11.3. The van der Waals surface area contributed by atoms with Gasteiger partial charge in [-0.2, -0.15) is 0 Å². The Balaban J connectivity index is 1.93. The van der Waals surface area contributed by atoms with Crippen molar-refractivity contribution in [2.24, 2.45) is 0 Å². The lowest BCUT2D eigenvalue weighted by molar-refractivity contribution is 0.414. The third kappa shape index (κ3) is 3.29. The molecule has 0 radical (unpaired) electrons. The number of benzene rings is 1. The van der Waals surface area contributed by atoms with Crippen LogP contribution in [0.4, 0.5) is 4.39 Å². The van der Waals surface area contributed by atoms with Crippen LogP contribution >= 0.6 is 11.8 Å². The molecule has 0 unspecified atom stereocenters. The maximum atomic E-state index is 13.6. The molecule has 1 aliphatic heterocycles. The highest BCUT2D eigenvalue weighted by molar-refractivity contribution is 8.02. The van der Waals surface area contributed by atoms with E-state index in [1.165, 1.54) is 18.0 Å². The first-order valence-electron chi connectivity index (χ1n) is 5.73. The Morgan fingerprint density at radius 1 is 1.33 bits per heavy atom. The summed E-state index contributed by atoms with van der Waals surface area (Å²) in [6, 6.07) is 7.85. The van der Waals surface area contributed by atoms with Gasteiger partial charge in [0.2, 0.25) is 0 Å². The van der Waals surface area contributed by atoms with Gasteiger partial charge in [0, 0.05) is 30.5 Å². The van der Waals surface area contributed by atoms with Gasteiger partial charge in [-0.1, -0.05) is 12.1 Å². The first-order chi connectivity index (χ1) is 8.69. The van der Waals surface area contributed by atoms with Crippen LogP contribution in [-0.2, 0) is 5.75 Å². The summed E-state index contributed by atoms with van der Waals surface area (Å²) in [5.74, 6) is 1.46. The number of rotatable bonds is 4. The van der Waals surface area contributed by atoms with Crippen LogP contribution in [0.2, 0.25) is 0 Å². The van der Waals surface area contributed by atoms with Crippen LogP contribution in [0.3, 0.4) is 0 Å². The molecule has 0 fully saturated rings. The predicted molar refractivity (Wildman–Crippen MR) is 74.2 cm³/mol. The second-order valence-electron chi connectivity index (χ2n) is 4.12. The molecule has 0 amide bonds. The fourth-order valence-corrected chi connectivity index (χ4v) is 2.54. The van der Waals surface area contributed by atoms with Crippen LogP contribution in [0.5, 0.6) is 5.75 Å². The monoisotopic (exact) mass is 265 g/mol. The van der Waals surface area contributed by atoms with Gasteiger partial charge < -0.3 is 9.64 Å². The number of halogens is 1. The summed E-state index contributed by atoms with van der Waals surface area (Å²) >= 11 is 1.52. The second kappa shape index (κ2) is 5.96. The van der Waals surface area contributed by atoms with Crippen LogP contribution in [0.25, 0.3) is 0 Å². The summed E-state index contributed by atoms with van der Waals surface area (Å²) in [6.45, 7) is 0.762. The van der Waals surface area contributed by atoms with Gasteiger partial charge in [0.25, 0.3) is 0 Å². The Bertz CT molecular complexity index is 467. The molecule has 0 aromatic heterocycles. The summed E-state index contributed by atoms with van der Waals surface area (Å²) in [6.07, 6.45) is 3.46. The molecule has 1 aliphatic rings. The van der Waals surface area contributed by atoms with Crippen molar-refractivity contribution in [1.82, 2.24) is 4.90 Å². The van der Waals surface area contributed by atoms with E-state index in [9.17, 15) is 4.39 Å². The summed E-state index contributed by atoms with van der Waals surface area (Å²) in [5.41, 5.74) is 1.16. The van der Waals surface area contributed by atoms with E-state index >= 15 is 0 Å². The normalized spacial score (nSPS) is 15.2. The van der Waals surface area contributed by atoms with E-state index in [0.29, 0.717) is 0 Å². The molecule has 96 valence electrons. The van der Waals surface area contributed by atoms with Gasteiger partial charge in [-0.05, 0) is 23.8 Å². The smallest absolute Gasteiger partial charge is 0.152 e. The van der Waals surface area contributed by atoms with Crippen molar-refractivity contribution >= 4 is 11.8 Å². The average molecular weight is 265 g/mol. The highest BCUT2D eigenvalue weighted by Crippen LogP contribution is 2.30. The molecule has 0 N–H and O–H groups in total. The van der Waals surface area contributed by atoms with Gasteiger partial charge in [-0.3, -0.25) is 0 Å². The minimum absolute atomic E-state index is 0.151. The number of nitrogens with zero attached hydrogens (tertiary/aromatic N) is 1. The lowest BCUT2D eigenvalue weighted by atomic mass is 10.2. The molecule has 0 bridgehead atoms. The lowest BCUT2D eigenvalue weighted by Gasteiger charge is -2.18. The first-order valence-corrected chi connectivity index (χ1v) is 6.71. The number of likely N-dealkylation sites (N-methyl/N-ethyl adjacent to an activating group) is 1. The number of hydrogen-bond donors (Lipinski definition) is 0. The van der Waals surface area contributed by atoms with Gasteiger partial charge in [-0.25, -0.2) is 4.39 Å². The summed E-state index contributed by atoms with van der Waals surface area (Å²) in [5, 5.41) is 0. The van der Waals surface area contributed by atoms with Crippen LogP contribution < -0.4 is 4.74 Å². The highest BCUT2D eigenvalue weighted by Gasteiger charge is 2.11. The lowest BCUT2D eigenvalue weighted by Crippen LogP contribution is -2.14. The SMILES string of the molecule is COc1ccc(CSC2=CCN(C)C=C2F)cc1. The molecule has 0 aliphatic carbocycles. The maximum Gasteiger partial charge on any atom is 0.152 e.